The van der Waals surface area contributed by atoms with E-state index >= 15 is 0 Å². The molecule has 1 heterocycles. The Kier molecular flexibility index (Phi) is 5.60. The Bertz CT molecular complexity index is 333. The average Bonchev–Trinajstić information content (AvgIpc) is 2.31. The molecule has 0 spiro atoms. The fourth-order valence-corrected chi connectivity index (χ4v) is 2.09. The maximum Gasteiger partial charge on any atom is 0.317 e. The summed E-state index contributed by atoms with van der Waals surface area (Å²) >= 11 is 0. The number of nitrogens with zero attached hydrogens (tertiary/aromatic N) is 1. The zero-order chi connectivity index (χ0) is 14.6. The molecule has 0 radical (unpaired) electrons. The van der Waals surface area contributed by atoms with Crippen LogP contribution in [0.4, 0.5) is 4.79 Å². The van der Waals surface area contributed by atoms with E-state index in [1.807, 2.05) is 27.7 Å². The van der Waals surface area contributed by atoms with E-state index in [1.54, 1.807) is 4.90 Å². The number of hydrogen-bond donors (Lipinski definition) is 2. The Morgan fingerprint density at radius 2 is 2.05 bits per heavy atom. The Morgan fingerprint density at radius 3 is 2.58 bits per heavy atom. The van der Waals surface area contributed by atoms with Crippen LogP contribution in [0.25, 0.3) is 0 Å². The lowest BCUT2D eigenvalue weighted by molar-refractivity contribution is -0.143. The van der Waals surface area contributed by atoms with Gasteiger partial charge in [0.25, 0.3) is 0 Å². The number of amides is 2. The second-order valence-electron chi connectivity index (χ2n) is 5.52. The molecule has 1 aliphatic heterocycles. The summed E-state index contributed by atoms with van der Waals surface area (Å²) in [5.41, 5.74) is 0. The molecule has 3 atom stereocenters. The minimum absolute atomic E-state index is 0.0125. The molecule has 0 aromatic rings. The predicted molar refractivity (Wildman–Crippen MR) is 70.9 cm³/mol. The van der Waals surface area contributed by atoms with E-state index in [0.29, 0.717) is 13.2 Å². The molecule has 0 aromatic carbocycles. The van der Waals surface area contributed by atoms with Gasteiger partial charge >= 0.3 is 12.0 Å². The molecule has 1 aliphatic rings. The minimum Gasteiger partial charge on any atom is -0.481 e. The summed E-state index contributed by atoms with van der Waals surface area (Å²) in [7, 11) is 0. The predicted octanol–water partition coefficient (Wildman–Crippen LogP) is 1.16. The molecule has 2 amide bonds. The van der Waals surface area contributed by atoms with Gasteiger partial charge in [-0.3, -0.25) is 4.79 Å². The van der Waals surface area contributed by atoms with Gasteiger partial charge in [0.1, 0.15) is 0 Å². The summed E-state index contributed by atoms with van der Waals surface area (Å²) in [6.45, 7) is 8.72. The van der Waals surface area contributed by atoms with Crippen LogP contribution in [-0.4, -0.2) is 53.8 Å². The number of carboxylic acids is 1. The Labute approximate surface area is 114 Å². The van der Waals surface area contributed by atoms with Crippen molar-refractivity contribution in [1.29, 1.82) is 0 Å². The van der Waals surface area contributed by atoms with Crippen LogP contribution in [0.5, 0.6) is 0 Å². The lowest BCUT2D eigenvalue weighted by atomic mass is 9.96. The smallest absolute Gasteiger partial charge is 0.317 e. The van der Waals surface area contributed by atoms with Crippen LogP contribution in [0.3, 0.4) is 0 Å². The summed E-state index contributed by atoms with van der Waals surface area (Å²) < 4.78 is 5.46. The third kappa shape index (κ3) is 4.38. The van der Waals surface area contributed by atoms with Crippen molar-refractivity contribution in [3.63, 3.8) is 0 Å². The number of urea groups is 1. The van der Waals surface area contributed by atoms with Crippen molar-refractivity contribution in [2.75, 3.05) is 19.7 Å². The van der Waals surface area contributed by atoms with Gasteiger partial charge in [-0.2, -0.15) is 0 Å². The second-order valence-corrected chi connectivity index (χ2v) is 5.52. The first kappa shape index (κ1) is 15.8. The molecular formula is C13H24N2O4. The number of rotatable bonds is 4. The number of hydrogen-bond acceptors (Lipinski definition) is 3. The lowest BCUT2D eigenvalue weighted by Gasteiger charge is -2.37. The number of aliphatic carboxylic acids is 1. The molecule has 1 saturated heterocycles. The molecule has 19 heavy (non-hydrogen) atoms. The second kappa shape index (κ2) is 6.75. The van der Waals surface area contributed by atoms with E-state index < -0.39 is 11.9 Å². The quantitative estimate of drug-likeness (QED) is 0.805. The Balaban J connectivity index is 2.52. The topological polar surface area (TPSA) is 78.9 Å². The monoisotopic (exact) mass is 272 g/mol. The highest BCUT2D eigenvalue weighted by Crippen LogP contribution is 2.13. The van der Waals surface area contributed by atoms with Gasteiger partial charge in [0, 0.05) is 13.1 Å². The molecule has 2 N–H and O–H groups in total. The maximum atomic E-state index is 12.1. The summed E-state index contributed by atoms with van der Waals surface area (Å²) in [6, 6.07) is -0.201. The summed E-state index contributed by atoms with van der Waals surface area (Å²) in [6.07, 6.45) is 0.0160. The van der Waals surface area contributed by atoms with Gasteiger partial charge in [-0.1, -0.05) is 13.8 Å². The van der Waals surface area contributed by atoms with Crippen molar-refractivity contribution in [3.05, 3.63) is 0 Å². The number of morpholine rings is 1. The molecule has 6 heteroatoms. The van der Waals surface area contributed by atoms with Crippen molar-refractivity contribution in [3.8, 4) is 0 Å². The lowest BCUT2D eigenvalue weighted by Crippen LogP contribution is -2.54. The van der Waals surface area contributed by atoms with Gasteiger partial charge in [0.05, 0.1) is 24.7 Å². The molecule has 0 aliphatic carbocycles. The summed E-state index contributed by atoms with van der Waals surface area (Å²) in [5, 5.41) is 11.8. The van der Waals surface area contributed by atoms with Crippen molar-refractivity contribution in [2.45, 2.75) is 39.8 Å². The van der Waals surface area contributed by atoms with Crippen LogP contribution in [0.2, 0.25) is 0 Å². The highest BCUT2D eigenvalue weighted by Gasteiger charge is 2.29. The number of carbonyl (C=O) groups excluding carboxylic acids is 1. The van der Waals surface area contributed by atoms with Crippen molar-refractivity contribution >= 4 is 12.0 Å². The first-order valence-electron chi connectivity index (χ1n) is 6.71. The highest BCUT2D eigenvalue weighted by atomic mass is 16.5. The van der Waals surface area contributed by atoms with E-state index in [0.717, 1.165) is 0 Å². The van der Waals surface area contributed by atoms with Crippen LogP contribution in [0.1, 0.15) is 27.7 Å². The van der Waals surface area contributed by atoms with Crippen LogP contribution >= 0.6 is 0 Å². The largest absolute Gasteiger partial charge is 0.481 e. The normalized spacial score (nSPS) is 25.2. The van der Waals surface area contributed by atoms with Gasteiger partial charge in [-0.05, 0) is 19.8 Å². The van der Waals surface area contributed by atoms with Crippen molar-refractivity contribution in [1.82, 2.24) is 10.2 Å². The number of ether oxygens (including phenoxy) is 1. The molecular weight excluding hydrogens is 248 g/mol. The third-order valence-electron chi connectivity index (χ3n) is 3.46. The zero-order valence-electron chi connectivity index (χ0n) is 12.0. The molecule has 0 aromatic heterocycles. The molecule has 0 bridgehead atoms. The maximum absolute atomic E-state index is 12.1. The van der Waals surface area contributed by atoms with Crippen LogP contribution in [-0.2, 0) is 9.53 Å². The van der Waals surface area contributed by atoms with Gasteiger partial charge in [-0.15, -0.1) is 0 Å². The first-order valence-corrected chi connectivity index (χ1v) is 6.71. The van der Waals surface area contributed by atoms with Crippen LogP contribution < -0.4 is 5.32 Å². The molecule has 3 unspecified atom stereocenters. The standard InChI is InChI=1S/C13H24N2O4/c1-8(2)11(12(16)17)5-14-13(18)15-6-10(4)19-7-9(15)3/h8-11H,5-7H2,1-4H3,(H,14,18)(H,16,17). The SMILES string of the molecule is CC1CN(C(=O)NCC(C(=O)O)C(C)C)C(C)CO1. The van der Waals surface area contributed by atoms with Crippen molar-refractivity contribution in [2.24, 2.45) is 11.8 Å². The molecule has 6 nitrogen and oxygen atoms in total. The highest BCUT2D eigenvalue weighted by molar-refractivity contribution is 5.76. The van der Waals surface area contributed by atoms with Gasteiger partial charge in [-0.25, -0.2) is 4.79 Å². The summed E-state index contributed by atoms with van der Waals surface area (Å²) in [5.74, 6) is -1.45. The molecule has 1 fully saturated rings. The van der Waals surface area contributed by atoms with E-state index in [1.165, 1.54) is 0 Å². The zero-order valence-corrected chi connectivity index (χ0v) is 12.0. The number of carboxylic acid groups (broad SMARTS) is 1. The van der Waals surface area contributed by atoms with E-state index in [9.17, 15) is 9.59 Å². The van der Waals surface area contributed by atoms with Gasteiger partial charge in [0.2, 0.25) is 0 Å². The molecule has 0 saturated carbocycles. The number of carbonyl (C=O) groups is 2. The molecule has 110 valence electrons. The first-order chi connectivity index (χ1) is 8.82. The molecule has 1 rings (SSSR count). The number of nitrogens with one attached hydrogen (secondary N) is 1. The Hall–Kier alpha value is -1.30. The van der Waals surface area contributed by atoms with E-state index in [-0.39, 0.29) is 30.6 Å². The minimum atomic E-state index is -0.876. The summed E-state index contributed by atoms with van der Waals surface area (Å²) in [4.78, 5) is 24.8. The average molecular weight is 272 g/mol. The fourth-order valence-electron chi connectivity index (χ4n) is 2.09. The Morgan fingerprint density at radius 1 is 1.42 bits per heavy atom. The van der Waals surface area contributed by atoms with Gasteiger partial charge in [0.15, 0.2) is 0 Å². The van der Waals surface area contributed by atoms with Crippen LogP contribution in [0, 0.1) is 11.8 Å². The van der Waals surface area contributed by atoms with E-state index in [4.69, 9.17) is 9.84 Å². The van der Waals surface area contributed by atoms with Gasteiger partial charge < -0.3 is 20.1 Å². The van der Waals surface area contributed by atoms with Crippen LogP contribution in [0.15, 0.2) is 0 Å². The van der Waals surface area contributed by atoms with Crippen molar-refractivity contribution < 1.29 is 19.4 Å². The van der Waals surface area contributed by atoms with E-state index in [2.05, 4.69) is 5.32 Å². The third-order valence-corrected chi connectivity index (χ3v) is 3.46. The fraction of sp³-hybridized carbons (Fsp3) is 0.846.